The van der Waals surface area contributed by atoms with E-state index in [4.69, 9.17) is 0 Å². The number of aryl methyl sites for hydroxylation is 2. The molecule has 6 nitrogen and oxygen atoms in total. The summed E-state index contributed by atoms with van der Waals surface area (Å²) in [7, 11) is -3.95. The first-order chi connectivity index (χ1) is 11.4. The highest BCUT2D eigenvalue weighted by Gasteiger charge is 2.34. The molecule has 0 atom stereocenters. The lowest BCUT2D eigenvalue weighted by molar-refractivity contribution is 0.589. The fraction of sp³-hybridized carbons (Fsp3) is 0.250. The van der Waals surface area contributed by atoms with Crippen molar-refractivity contribution in [2.45, 2.75) is 25.2 Å². The van der Waals surface area contributed by atoms with Crippen LogP contribution in [-0.4, -0.2) is 24.3 Å². The molecule has 124 valence electrons. The zero-order valence-electron chi connectivity index (χ0n) is 13.2. The fourth-order valence-corrected chi connectivity index (χ4v) is 5.69. The molecule has 0 aliphatic carbocycles. The van der Waals surface area contributed by atoms with Gasteiger partial charge >= 0.3 is 0 Å². The normalized spacial score (nSPS) is 14.3. The number of sulfonamides is 1. The Balaban J connectivity index is 1.96. The SMILES string of the molecule is Cc1cn2c(=O)c(S(=O)(=O)N3CCc4ccccc43)c(C)nc2s1. The number of rotatable bonds is 2. The Hall–Kier alpha value is -2.19. The molecule has 1 aliphatic rings. The van der Waals surface area contributed by atoms with Crippen LogP contribution < -0.4 is 9.86 Å². The van der Waals surface area contributed by atoms with Crippen LogP contribution in [0.15, 0.2) is 40.2 Å². The van der Waals surface area contributed by atoms with E-state index < -0.39 is 15.6 Å². The van der Waals surface area contributed by atoms with Crippen molar-refractivity contribution in [3.05, 3.63) is 57.0 Å². The number of benzene rings is 1. The molecular formula is C16H15N3O3S2. The quantitative estimate of drug-likeness (QED) is 0.701. The van der Waals surface area contributed by atoms with Crippen LogP contribution in [0.1, 0.15) is 16.1 Å². The number of para-hydroxylation sites is 1. The summed E-state index contributed by atoms with van der Waals surface area (Å²) in [5.74, 6) is 0. The second-order valence-electron chi connectivity index (χ2n) is 5.78. The van der Waals surface area contributed by atoms with Crippen molar-refractivity contribution >= 4 is 32.0 Å². The lowest BCUT2D eigenvalue weighted by Gasteiger charge is -2.19. The van der Waals surface area contributed by atoms with Gasteiger partial charge in [0.2, 0.25) is 0 Å². The molecule has 0 bridgehead atoms. The zero-order valence-corrected chi connectivity index (χ0v) is 14.8. The molecule has 0 amide bonds. The standard InChI is InChI=1S/C16H15N3O3S2/c1-10-9-18-15(20)14(11(2)17-16(18)23-10)24(21,22)19-8-7-12-5-3-4-6-13(12)19/h3-6,9H,7-8H2,1-2H3. The van der Waals surface area contributed by atoms with Gasteiger partial charge < -0.3 is 0 Å². The van der Waals surface area contributed by atoms with E-state index in [1.54, 1.807) is 25.3 Å². The number of aromatic nitrogens is 2. The number of anilines is 1. The van der Waals surface area contributed by atoms with Crippen LogP contribution in [0.3, 0.4) is 0 Å². The Morgan fingerprint density at radius 3 is 2.75 bits per heavy atom. The van der Waals surface area contributed by atoms with E-state index in [1.807, 2.05) is 19.1 Å². The highest BCUT2D eigenvalue weighted by Crippen LogP contribution is 2.32. The van der Waals surface area contributed by atoms with Crippen LogP contribution in [-0.2, 0) is 16.4 Å². The maximum absolute atomic E-state index is 13.2. The molecule has 3 heterocycles. The van der Waals surface area contributed by atoms with E-state index in [1.165, 1.54) is 20.0 Å². The second-order valence-corrected chi connectivity index (χ2v) is 8.79. The Kier molecular flexibility index (Phi) is 3.29. The van der Waals surface area contributed by atoms with Crippen LogP contribution in [0.4, 0.5) is 5.69 Å². The van der Waals surface area contributed by atoms with E-state index >= 15 is 0 Å². The Morgan fingerprint density at radius 1 is 1.21 bits per heavy atom. The van der Waals surface area contributed by atoms with Gasteiger partial charge in [-0.25, -0.2) is 13.4 Å². The summed E-state index contributed by atoms with van der Waals surface area (Å²) in [4.78, 5) is 18.3. The molecule has 1 aliphatic heterocycles. The van der Waals surface area contributed by atoms with Crippen LogP contribution in [0.5, 0.6) is 0 Å². The van der Waals surface area contributed by atoms with E-state index in [0.717, 1.165) is 10.4 Å². The number of hydrogen-bond donors (Lipinski definition) is 0. The van der Waals surface area contributed by atoms with Gasteiger partial charge in [0.05, 0.1) is 11.4 Å². The van der Waals surface area contributed by atoms with Gasteiger partial charge in [0.15, 0.2) is 9.86 Å². The van der Waals surface area contributed by atoms with E-state index in [9.17, 15) is 13.2 Å². The molecule has 0 spiro atoms. The summed E-state index contributed by atoms with van der Waals surface area (Å²) >= 11 is 1.36. The van der Waals surface area contributed by atoms with Crippen LogP contribution in [0.25, 0.3) is 4.96 Å². The Labute approximate surface area is 143 Å². The van der Waals surface area contributed by atoms with E-state index in [2.05, 4.69) is 4.98 Å². The van der Waals surface area contributed by atoms with Gasteiger partial charge in [0.25, 0.3) is 15.6 Å². The fourth-order valence-electron chi connectivity index (χ4n) is 3.10. The maximum atomic E-state index is 13.2. The molecular weight excluding hydrogens is 346 g/mol. The molecule has 0 unspecified atom stereocenters. The van der Waals surface area contributed by atoms with Crippen molar-refractivity contribution in [3.63, 3.8) is 0 Å². The Bertz CT molecular complexity index is 1130. The van der Waals surface area contributed by atoms with Crippen molar-refractivity contribution < 1.29 is 8.42 Å². The van der Waals surface area contributed by atoms with Crippen molar-refractivity contribution in [2.75, 3.05) is 10.8 Å². The number of thiazole rings is 1. The summed E-state index contributed by atoms with van der Waals surface area (Å²) < 4.78 is 29.0. The van der Waals surface area contributed by atoms with E-state index in [0.29, 0.717) is 23.6 Å². The first-order valence-electron chi connectivity index (χ1n) is 7.49. The third-order valence-corrected chi connectivity index (χ3v) is 7.01. The highest BCUT2D eigenvalue weighted by atomic mass is 32.2. The molecule has 0 fully saturated rings. The summed E-state index contributed by atoms with van der Waals surface area (Å²) in [6.45, 7) is 3.77. The Morgan fingerprint density at radius 2 is 1.96 bits per heavy atom. The first-order valence-corrected chi connectivity index (χ1v) is 9.75. The van der Waals surface area contributed by atoms with Crippen molar-refractivity contribution in [2.24, 2.45) is 0 Å². The molecule has 3 aromatic rings. The molecule has 0 radical (unpaired) electrons. The molecule has 2 aromatic heterocycles. The van der Waals surface area contributed by atoms with Gasteiger partial charge in [0, 0.05) is 17.6 Å². The summed E-state index contributed by atoms with van der Waals surface area (Å²) in [5, 5.41) is 0. The monoisotopic (exact) mass is 361 g/mol. The van der Waals surface area contributed by atoms with Crippen LogP contribution >= 0.6 is 11.3 Å². The predicted octanol–water partition coefficient (Wildman–Crippen LogP) is 2.12. The third-order valence-electron chi connectivity index (χ3n) is 4.17. The third kappa shape index (κ3) is 2.10. The average Bonchev–Trinajstić information content (AvgIpc) is 3.10. The van der Waals surface area contributed by atoms with Gasteiger partial charge in [-0.3, -0.25) is 13.5 Å². The summed E-state index contributed by atoms with van der Waals surface area (Å²) in [6.07, 6.45) is 2.27. The largest absolute Gasteiger partial charge is 0.279 e. The van der Waals surface area contributed by atoms with Crippen molar-refractivity contribution in [1.29, 1.82) is 0 Å². The lowest BCUT2D eigenvalue weighted by atomic mass is 10.2. The van der Waals surface area contributed by atoms with Gasteiger partial charge in [-0.1, -0.05) is 18.2 Å². The molecule has 0 N–H and O–H groups in total. The van der Waals surface area contributed by atoms with Crippen LogP contribution in [0.2, 0.25) is 0 Å². The van der Waals surface area contributed by atoms with E-state index in [-0.39, 0.29) is 10.6 Å². The van der Waals surface area contributed by atoms with Gasteiger partial charge in [0.1, 0.15) is 0 Å². The molecule has 24 heavy (non-hydrogen) atoms. The van der Waals surface area contributed by atoms with Crippen LogP contribution in [0, 0.1) is 13.8 Å². The van der Waals surface area contributed by atoms with Gasteiger partial charge in [-0.2, -0.15) is 0 Å². The van der Waals surface area contributed by atoms with Gasteiger partial charge in [-0.05, 0) is 31.9 Å². The first kappa shape index (κ1) is 15.3. The number of nitrogens with zero attached hydrogens (tertiary/aromatic N) is 3. The highest BCUT2D eigenvalue weighted by molar-refractivity contribution is 7.92. The molecule has 0 saturated heterocycles. The molecule has 4 rings (SSSR count). The molecule has 1 aromatic carbocycles. The topological polar surface area (TPSA) is 71.8 Å². The summed E-state index contributed by atoms with van der Waals surface area (Å²) in [6, 6.07) is 7.37. The number of hydrogen-bond acceptors (Lipinski definition) is 5. The molecule has 0 saturated carbocycles. The maximum Gasteiger partial charge on any atom is 0.279 e. The average molecular weight is 361 g/mol. The number of fused-ring (bicyclic) bond motifs is 2. The van der Waals surface area contributed by atoms with Gasteiger partial charge in [-0.15, -0.1) is 11.3 Å². The van der Waals surface area contributed by atoms with Crippen molar-refractivity contribution in [1.82, 2.24) is 9.38 Å². The lowest BCUT2D eigenvalue weighted by Crippen LogP contribution is -2.35. The second kappa shape index (κ2) is 5.15. The molecule has 8 heteroatoms. The zero-order chi connectivity index (χ0) is 17.1. The predicted molar refractivity (Wildman–Crippen MR) is 93.5 cm³/mol. The minimum atomic E-state index is -3.95. The minimum absolute atomic E-state index is 0.241. The van der Waals surface area contributed by atoms with Crippen molar-refractivity contribution in [3.8, 4) is 0 Å². The smallest absolute Gasteiger partial charge is 0.267 e. The summed E-state index contributed by atoms with van der Waals surface area (Å²) in [5.41, 5.74) is 1.32. The minimum Gasteiger partial charge on any atom is -0.267 e.